The lowest BCUT2D eigenvalue weighted by Crippen LogP contribution is -2.47. The van der Waals surface area contributed by atoms with E-state index in [1.54, 1.807) is 36.5 Å². The monoisotopic (exact) mass is 323 g/mol. The van der Waals surface area contributed by atoms with E-state index in [9.17, 15) is 13.2 Å². The van der Waals surface area contributed by atoms with Crippen molar-refractivity contribution in [1.29, 1.82) is 0 Å². The fraction of sp³-hybridized carbons (Fsp3) is 0.412. The van der Waals surface area contributed by atoms with Crippen LogP contribution >= 0.6 is 0 Å². The first-order valence-electron chi connectivity index (χ1n) is 7.70. The highest BCUT2D eigenvalue weighted by atomic mass is 19.4. The quantitative estimate of drug-likeness (QED) is 0.903. The molecule has 0 radical (unpaired) electrons. The van der Waals surface area contributed by atoms with Crippen LogP contribution in [0.4, 0.5) is 13.2 Å². The maximum Gasteiger partial charge on any atom is 0.412 e. The Balaban J connectivity index is 2.00. The third-order valence-corrected chi connectivity index (χ3v) is 4.24. The molecule has 1 fully saturated rings. The number of hydrogen-bond donors (Lipinski definition) is 1. The number of benzene rings is 1. The van der Waals surface area contributed by atoms with E-state index >= 15 is 0 Å². The van der Waals surface area contributed by atoms with E-state index in [4.69, 9.17) is 0 Å². The molecule has 124 valence electrons. The Morgan fingerprint density at radius 2 is 1.74 bits per heavy atom. The minimum Gasteiger partial charge on any atom is -0.368 e. The minimum absolute atomic E-state index is 0.302. The number of nitrogens with one attached hydrogen (secondary N) is 1. The van der Waals surface area contributed by atoms with Gasteiger partial charge >= 0.3 is 6.18 Å². The Bertz CT molecular complexity index is 601. The van der Waals surface area contributed by atoms with Gasteiger partial charge in [-0.15, -0.1) is 0 Å². The van der Waals surface area contributed by atoms with Crippen molar-refractivity contribution in [3.05, 3.63) is 53.9 Å². The average Bonchev–Trinajstić information content (AvgIpc) is 2.54. The molecule has 2 aliphatic rings. The van der Waals surface area contributed by atoms with Crippen LogP contribution in [0.5, 0.6) is 0 Å². The van der Waals surface area contributed by atoms with Gasteiger partial charge in [0.05, 0.1) is 5.70 Å². The van der Waals surface area contributed by atoms with Gasteiger partial charge in [-0.25, -0.2) is 0 Å². The third kappa shape index (κ3) is 3.37. The van der Waals surface area contributed by atoms with Crippen molar-refractivity contribution >= 4 is 5.57 Å². The van der Waals surface area contributed by atoms with Crippen molar-refractivity contribution in [3.63, 3.8) is 0 Å². The van der Waals surface area contributed by atoms with Crippen LogP contribution in [-0.2, 0) is 0 Å². The largest absolute Gasteiger partial charge is 0.412 e. The number of allylic oxidation sites excluding steroid dienone is 1. The summed E-state index contributed by atoms with van der Waals surface area (Å²) in [6, 6.07) is 7.21. The molecule has 23 heavy (non-hydrogen) atoms. The minimum atomic E-state index is -4.32. The average molecular weight is 323 g/mol. The van der Waals surface area contributed by atoms with Crippen LogP contribution < -0.4 is 5.32 Å². The molecule has 0 aromatic heterocycles. The molecule has 3 rings (SSSR count). The van der Waals surface area contributed by atoms with Crippen molar-refractivity contribution in [2.75, 3.05) is 33.2 Å². The molecule has 0 spiro atoms. The van der Waals surface area contributed by atoms with Crippen molar-refractivity contribution in [2.45, 2.75) is 12.2 Å². The fourth-order valence-electron chi connectivity index (χ4n) is 3.15. The lowest BCUT2D eigenvalue weighted by Gasteiger charge is -2.39. The predicted molar refractivity (Wildman–Crippen MR) is 84.6 cm³/mol. The van der Waals surface area contributed by atoms with Crippen LogP contribution in [0.2, 0.25) is 0 Å². The van der Waals surface area contributed by atoms with E-state index in [1.165, 1.54) is 11.9 Å². The second kappa shape index (κ2) is 6.28. The highest BCUT2D eigenvalue weighted by Gasteiger charge is 2.46. The van der Waals surface area contributed by atoms with Crippen LogP contribution in [0.1, 0.15) is 5.56 Å². The molecular formula is C17H20F3N3. The zero-order valence-corrected chi connectivity index (χ0v) is 13.0. The molecule has 1 unspecified atom stereocenters. The van der Waals surface area contributed by atoms with Crippen LogP contribution in [-0.4, -0.2) is 55.2 Å². The van der Waals surface area contributed by atoms with Crippen molar-refractivity contribution in [1.82, 2.24) is 15.1 Å². The molecule has 6 heteroatoms. The maximum absolute atomic E-state index is 13.6. The molecule has 1 aromatic carbocycles. The van der Waals surface area contributed by atoms with Crippen molar-refractivity contribution in [3.8, 4) is 0 Å². The molecule has 1 saturated heterocycles. The van der Waals surface area contributed by atoms with Gasteiger partial charge in [-0.2, -0.15) is 13.2 Å². The zero-order chi connectivity index (χ0) is 16.4. The summed E-state index contributed by atoms with van der Waals surface area (Å²) >= 11 is 0. The van der Waals surface area contributed by atoms with Crippen LogP contribution in [0.3, 0.4) is 0 Å². The first-order chi connectivity index (χ1) is 11.0. The van der Waals surface area contributed by atoms with Gasteiger partial charge in [-0.05, 0) is 17.2 Å². The lowest BCUT2D eigenvalue weighted by molar-refractivity contribution is -0.158. The van der Waals surface area contributed by atoms with Crippen molar-refractivity contribution in [2.24, 2.45) is 0 Å². The molecule has 0 aliphatic carbocycles. The summed E-state index contributed by atoms with van der Waals surface area (Å²) in [5, 5.41) is 3.26. The number of likely N-dealkylation sites (N-methyl/N-ethyl adjacent to an activating group) is 1. The van der Waals surface area contributed by atoms with Crippen LogP contribution in [0, 0.1) is 0 Å². The van der Waals surface area contributed by atoms with Gasteiger partial charge in [0.2, 0.25) is 0 Å². The molecule has 1 N–H and O–H groups in total. The summed E-state index contributed by atoms with van der Waals surface area (Å²) < 4.78 is 40.7. The standard InChI is InChI=1S/C17H20F3N3/c1-22-12-14(23-9-7-21-8-10-23)11-15(16(22)17(18,19)20)13-5-3-2-4-6-13/h2-6,11-12,16,21H,7-10H2,1H3. The molecule has 0 bridgehead atoms. The summed E-state index contributed by atoms with van der Waals surface area (Å²) in [5.74, 6) is 0. The van der Waals surface area contributed by atoms with E-state index in [0.717, 1.165) is 31.9 Å². The topological polar surface area (TPSA) is 18.5 Å². The SMILES string of the molecule is CN1C=C(N2CCNCC2)C=C(c2ccccc2)C1C(F)(F)F. The van der Waals surface area contributed by atoms with E-state index < -0.39 is 12.2 Å². The summed E-state index contributed by atoms with van der Waals surface area (Å²) in [4.78, 5) is 3.40. The van der Waals surface area contributed by atoms with E-state index in [-0.39, 0.29) is 0 Å². The first kappa shape index (κ1) is 15.9. The molecule has 3 nitrogen and oxygen atoms in total. The Kier molecular flexibility index (Phi) is 4.35. The molecule has 2 aliphatic heterocycles. The van der Waals surface area contributed by atoms with E-state index in [1.807, 2.05) is 6.07 Å². The Labute approximate surface area is 134 Å². The molecule has 0 saturated carbocycles. The van der Waals surface area contributed by atoms with Crippen molar-refractivity contribution < 1.29 is 13.2 Å². The number of alkyl halides is 3. The van der Waals surface area contributed by atoms with Gasteiger partial charge in [-0.3, -0.25) is 0 Å². The lowest BCUT2D eigenvalue weighted by atomic mass is 9.93. The number of rotatable bonds is 2. The number of piperazine rings is 1. The van der Waals surface area contributed by atoms with E-state index in [0.29, 0.717) is 11.1 Å². The third-order valence-electron chi connectivity index (χ3n) is 4.24. The first-order valence-corrected chi connectivity index (χ1v) is 7.70. The Morgan fingerprint density at radius 1 is 1.09 bits per heavy atom. The predicted octanol–water partition coefficient (Wildman–Crippen LogP) is 2.69. The number of hydrogen-bond acceptors (Lipinski definition) is 3. The summed E-state index contributed by atoms with van der Waals surface area (Å²) in [6.07, 6.45) is -1.02. The second-order valence-electron chi connectivity index (χ2n) is 5.87. The maximum atomic E-state index is 13.6. The molecule has 0 amide bonds. The molecular weight excluding hydrogens is 303 g/mol. The van der Waals surface area contributed by atoms with Gasteiger partial charge in [-0.1, -0.05) is 30.3 Å². The molecule has 1 aromatic rings. The van der Waals surface area contributed by atoms with Gasteiger partial charge in [0.15, 0.2) is 6.04 Å². The van der Waals surface area contributed by atoms with Gasteiger partial charge in [0.1, 0.15) is 0 Å². The van der Waals surface area contributed by atoms with Gasteiger partial charge in [0.25, 0.3) is 0 Å². The van der Waals surface area contributed by atoms with Gasteiger partial charge in [0, 0.05) is 39.4 Å². The summed E-state index contributed by atoms with van der Waals surface area (Å²) in [7, 11) is 1.50. The Hall–Kier alpha value is -1.95. The van der Waals surface area contributed by atoms with Gasteiger partial charge < -0.3 is 15.1 Å². The van der Waals surface area contributed by atoms with Crippen LogP contribution in [0.25, 0.3) is 5.57 Å². The Morgan fingerprint density at radius 3 is 2.35 bits per heavy atom. The highest BCUT2D eigenvalue weighted by Crippen LogP contribution is 2.38. The number of nitrogens with zero attached hydrogens (tertiary/aromatic N) is 2. The zero-order valence-electron chi connectivity index (χ0n) is 13.0. The molecule has 2 heterocycles. The molecule has 1 atom stereocenters. The smallest absolute Gasteiger partial charge is 0.368 e. The van der Waals surface area contributed by atoms with Crippen LogP contribution in [0.15, 0.2) is 48.3 Å². The second-order valence-corrected chi connectivity index (χ2v) is 5.87. The van der Waals surface area contributed by atoms with E-state index in [2.05, 4.69) is 10.2 Å². The summed E-state index contributed by atoms with van der Waals surface area (Å²) in [6.45, 7) is 3.29. The normalized spacial score (nSPS) is 22.7. The highest BCUT2D eigenvalue weighted by molar-refractivity contribution is 5.74. The summed E-state index contributed by atoms with van der Waals surface area (Å²) in [5.41, 5.74) is 1.76. The fourth-order valence-corrected chi connectivity index (χ4v) is 3.15. The number of halogens is 3.